The number of amides is 3. The number of guanidine groups is 1. The van der Waals surface area contributed by atoms with Gasteiger partial charge in [-0.3, -0.25) is 10.1 Å². The van der Waals surface area contributed by atoms with Gasteiger partial charge < -0.3 is 19.7 Å². The van der Waals surface area contributed by atoms with Crippen LogP contribution >= 0.6 is 0 Å². The molecule has 0 aliphatic carbocycles. The van der Waals surface area contributed by atoms with Gasteiger partial charge in [-0.2, -0.15) is 0 Å². The zero-order valence-electron chi connectivity index (χ0n) is 27.2. The molecule has 3 aromatic rings. The van der Waals surface area contributed by atoms with Gasteiger partial charge in [-0.15, -0.1) is 4.99 Å². The molecule has 4 rings (SSSR count). The highest BCUT2D eigenvalue weighted by molar-refractivity contribution is 6.65. The molecule has 0 bridgehead atoms. The first-order valence-corrected chi connectivity index (χ1v) is 18.6. The number of nitrogens with one attached hydrogen (secondary N) is 2. The molecular weight excluding hydrogens is 597 g/mol. The summed E-state index contributed by atoms with van der Waals surface area (Å²) >= 11 is 0. The summed E-state index contributed by atoms with van der Waals surface area (Å²) in [5.74, 6) is 0.821. The van der Waals surface area contributed by atoms with Gasteiger partial charge in [0.05, 0.1) is 19.9 Å². The van der Waals surface area contributed by atoms with E-state index in [0.29, 0.717) is 24.5 Å². The first-order valence-electron chi connectivity index (χ1n) is 15.7. The molecule has 3 aromatic carbocycles. The lowest BCUT2D eigenvalue weighted by Crippen LogP contribution is -2.72. The average molecular weight is 641 g/mol. The Morgan fingerprint density at radius 2 is 1.46 bits per heavy atom. The van der Waals surface area contributed by atoms with Gasteiger partial charge in [0.25, 0.3) is 0 Å². The Balaban J connectivity index is 1.42. The molecule has 46 heavy (non-hydrogen) atoms. The van der Waals surface area contributed by atoms with Crippen molar-refractivity contribution < 1.29 is 23.9 Å². The van der Waals surface area contributed by atoms with E-state index in [0.717, 1.165) is 18.4 Å². The van der Waals surface area contributed by atoms with E-state index in [9.17, 15) is 14.4 Å². The number of hydrogen-bond donors (Lipinski definition) is 2. The Hall–Kier alpha value is -4.70. The SMILES string of the molecule is C[SiH](C)[C@@]1(CCCCN/C(=N\C(=O)Oc2ccccc2)NC(=O)Oc2ccccc2)C(=O)N(C(C)(C)C)[C@@H]1/C=C/c1ccccc1. The molecule has 0 unspecified atom stereocenters. The van der Waals surface area contributed by atoms with Crippen LogP contribution in [0.2, 0.25) is 18.1 Å². The standard InChI is InChI=1S/C36H44N4O5Si/c1-35(2,3)40-30(24-23-27-17-9-6-10-18-27)36(31(40)41,46(4)5)25-15-16-26-37-32(38-33(42)44-28-19-11-7-12-20-28)39-34(43)45-29-21-13-8-14-22-29/h6-14,17-24,30,46H,15-16,25-26H2,1-5H3,(H2,37,38,39,42,43)/b24-23+/t30-,36-/m1/s1. The number of carbonyl (C=O) groups is 3. The highest BCUT2D eigenvalue weighted by Crippen LogP contribution is 2.55. The first-order chi connectivity index (χ1) is 22.0. The van der Waals surface area contributed by atoms with Gasteiger partial charge in [0.2, 0.25) is 11.9 Å². The smallest absolute Gasteiger partial charge is 0.410 e. The molecule has 2 atom stereocenters. The number of aliphatic imine (C=N–C) groups is 1. The summed E-state index contributed by atoms with van der Waals surface area (Å²) in [5.41, 5.74) is 0.812. The number of β-lactam (4-membered cyclic amide) rings is 1. The molecule has 1 fully saturated rings. The zero-order chi connectivity index (χ0) is 33.2. The van der Waals surface area contributed by atoms with Crippen LogP contribution in [0.5, 0.6) is 11.5 Å². The lowest BCUT2D eigenvalue weighted by atomic mass is 9.77. The highest BCUT2D eigenvalue weighted by Gasteiger charge is 2.62. The molecule has 9 nitrogen and oxygen atoms in total. The van der Waals surface area contributed by atoms with E-state index in [4.69, 9.17) is 9.47 Å². The summed E-state index contributed by atoms with van der Waals surface area (Å²) in [6, 6.07) is 27.3. The Morgan fingerprint density at radius 3 is 2.02 bits per heavy atom. The van der Waals surface area contributed by atoms with Crippen molar-refractivity contribution in [2.75, 3.05) is 6.54 Å². The molecule has 3 amide bonds. The normalized spacial score (nSPS) is 18.3. The van der Waals surface area contributed by atoms with Crippen molar-refractivity contribution in [2.24, 2.45) is 4.99 Å². The second-order valence-corrected chi connectivity index (χ2v) is 15.9. The molecule has 1 aliphatic heterocycles. The van der Waals surface area contributed by atoms with Crippen LogP contribution in [0, 0.1) is 0 Å². The fourth-order valence-corrected chi connectivity index (χ4v) is 8.16. The van der Waals surface area contributed by atoms with E-state index in [1.54, 1.807) is 54.6 Å². The fraction of sp³-hybridized carbons (Fsp3) is 0.333. The maximum atomic E-state index is 13.9. The maximum absolute atomic E-state index is 13.9. The van der Waals surface area contributed by atoms with Crippen molar-refractivity contribution in [2.45, 2.75) is 69.7 Å². The zero-order valence-corrected chi connectivity index (χ0v) is 28.4. The van der Waals surface area contributed by atoms with E-state index < -0.39 is 26.0 Å². The monoisotopic (exact) mass is 640 g/mol. The average Bonchev–Trinajstić information content (AvgIpc) is 3.01. The molecule has 10 heteroatoms. The van der Waals surface area contributed by atoms with Crippen LogP contribution in [-0.4, -0.2) is 55.9 Å². The van der Waals surface area contributed by atoms with Crippen molar-refractivity contribution in [1.29, 1.82) is 0 Å². The van der Waals surface area contributed by atoms with Gasteiger partial charge in [-0.05, 0) is 63.4 Å². The topological polar surface area (TPSA) is 109 Å². The molecule has 1 saturated heterocycles. The predicted molar refractivity (Wildman–Crippen MR) is 185 cm³/mol. The number of para-hydroxylation sites is 2. The first kappa shape index (κ1) is 34.2. The van der Waals surface area contributed by atoms with Gasteiger partial charge in [0.1, 0.15) is 11.5 Å². The quantitative estimate of drug-likeness (QED) is 0.0809. The minimum absolute atomic E-state index is 0.0131. The third-order valence-corrected chi connectivity index (χ3v) is 11.0. The van der Waals surface area contributed by atoms with Crippen LogP contribution in [0.1, 0.15) is 45.6 Å². The number of nitrogens with zero attached hydrogens (tertiary/aromatic N) is 2. The summed E-state index contributed by atoms with van der Waals surface area (Å²) in [7, 11) is -1.47. The second-order valence-electron chi connectivity index (χ2n) is 12.6. The van der Waals surface area contributed by atoms with E-state index >= 15 is 0 Å². The van der Waals surface area contributed by atoms with Crippen LogP contribution < -0.4 is 20.1 Å². The molecule has 0 spiro atoms. The Kier molecular flexibility index (Phi) is 11.5. The van der Waals surface area contributed by atoms with Gasteiger partial charge in [-0.25, -0.2) is 9.59 Å². The van der Waals surface area contributed by atoms with Crippen molar-refractivity contribution in [3.8, 4) is 11.5 Å². The molecule has 1 aliphatic rings. The molecule has 0 aromatic heterocycles. The van der Waals surface area contributed by atoms with Crippen molar-refractivity contribution in [3.63, 3.8) is 0 Å². The lowest BCUT2D eigenvalue weighted by Gasteiger charge is -2.62. The van der Waals surface area contributed by atoms with Gasteiger partial charge in [0.15, 0.2) is 0 Å². The van der Waals surface area contributed by atoms with Gasteiger partial charge in [-0.1, -0.05) is 98.4 Å². The summed E-state index contributed by atoms with van der Waals surface area (Å²) < 4.78 is 10.6. The van der Waals surface area contributed by atoms with Crippen LogP contribution in [0.15, 0.2) is 102 Å². The number of ether oxygens (including phenoxy) is 2. The second kappa shape index (κ2) is 15.5. The number of likely N-dealkylation sites (tertiary alicyclic amines) is 1. The van der Waals surface area contributed by atoms with Crippen LogP contribution in [0.4, 0.5) is 9.59 Å². The van der Waals surface area contributed by atoms with E-state index in [-0.39, 0.29) is 23.4 Å². The van der Waals surface area contributed by atoms with E-state index in [2.05, 4.69) is 73.8 Å². The third kappa shape index (κ3) is 8.72. The summed E-state index contributed by atoms with van der Waals surface area (Å²) in [6.07, 6.45) is 4.84. The third-order valence-electron chi connectivity index (χ3n) is 8.08. The number of carbonyl (C=O) groups excluding carboxylic acids is 3. The summed E-state index contributed by atoms with van der Waals surface area (Å²) in [5, 5.41) is 5.16. The molecule has 0 saturated carbocycles. The van der Waals surface area contributed by atoms with Crippen LogP contribution in [0.25, 0.3) is 6.08 Å². The minimum atomic E-state index is -1.47. The summed E-state index contributed by atoms with van der Waals surface area (Å²) in [6.45, 7) is 11.2. The lowest BCUT2D eigenvalue weighted by molar-refractivity contribution is -0.160. The molecule has 242 valence electrons. The number of benzene rings is 3. The van der Waals surface area contributed by atoms with Crippen molar-refractivity contribution in [1.82, 2.24) is 15.5 Å². The number of rotatable bonds is 10. The predicted octanol–water partition coefficient (Wildman–Crippen LogP) is 7.04. The Labute approximate surface area is 273 Å². The largest absolute Gasteiger partial charge is 0.442 e. The molecule has 0 radical (unpaired) electrons. The molecule has 1 heterocycles. The Bertz CT molecular complexity index is 1520. The fourth-order valence-electron chi connectivity index (χ4n) is 5.80. The highest BCUT2D eigenvalue weighted by atomic mass is 28.3. The van der Waals surface area contributed by atoms with Crippen molar-refractivity contribution >= 4 is 38.9 Å². The maximum Gasteiger partial charge on any atom is 0.442 e. The van der Waals surface area contributed by atoms with Gasteiger partial charge in [0, 0.05) is 12.1 Å². The van der Waals surface area contributed by atoms with Crippen LogP contribution in [-0.2, 0) is 4.79 Å². The molecular formula is C36H44N4O5Si. The van der Waals surface area contributed by atoms with E-state index in [1.165, 1.54) is 0 Å². The van der Waals surface area contributed by atoms with Crippen molar-refractivity contribution in [3.05, 3.63) is 103 Å². The van der Waals surface area contributed by atoms with E-state index in [1.807, 2.05) is 29.2 Å². The van der Waals surface area contributed by atoms with Crippen LogP contribution in [0.3, 0.4) is 0 Å². The number of hydrogen-bond acceptors (Lipinski definition) is 5. The minimum Gasteiger partial charge on any atom is -0.410 e. The molecule has 2 N–H and O–H groups in total. The van der Waals surface area contributed by atoms with Gasteiger partial charge >= 0.3 is 12.2 Å². The Morgan fingerprint density at radius 1 is 0.891 bits per heavy atom. The number of unbranched alkanes of at least 4 members (excludes halogenated alkanes) is 1. The summed E-state index contributed by atoms with van der Waals surface area (Å²) in [4.78, 5) is 45.0.